The molecule has 3 aromatic rings. The lowest BCUT2D eigenvalue weighted by molar-refractivity contribution is -0.120. The molecule has 0 aliphatic heterocycles. The van der Waals surface area contributed by atoms with Crippen LogP contribution in [0.1, 0.15) is 12.5 Å². The van der Waals surface area contributed by atoms with Crippen LogP contribution in [0.5, 0.6) is 11.6 Å². The summed E-state index contributed by atoms with van der Waals surface area (Å²) < 4.78 is 7.08. The van der Waals surface area contributed by atoms with E-state index in [1.165, 1.54) is 0 Å². The molecule has 134 valence electrons. The molecule has 1 amide bonds. The number of nitrogens with zero attached hydrogens (tertiary/aromatic N) is 2. The van der Waals surface area contributed by atoms with Gasteiger partial charge in [-0.3, -0.25) is 4.79 Å². The van der Waals surface area contributed by atoms with Crippen molar-refractivity contribution in [2.24, 2.45) is 10.2 Å². The maximum atomic E-state index is 12.0. The maximum absolute atomic E-state index is 12.0. The third-order valence-corrected chi connectivity index (χ3v) is 4.84. The van der Waals surface area contributed by atoms with Crippen LogP contribution in [0.4, 0.5) is 5.69 Å². The lowest BCUT2D eigenvalue weighted by atomic mass is 10.2. The second kappa shape index (κ2) is 8.01. The molecule has 2 aromatic carbocycles. The summed E-state index contributed by atoms with van der Waals surface area (Å²) in [6.07, 6.45) is 0.913. The zero-order valence-corrected chi connectivity index (χ0v) is 17.0. The Kier molecular flexibility index (Phi) is 5.73. The first-order valence-electron chi connectivity index (χ1n) is 7.84. The standard InChI is InChI=1S/C18H15Br2N3O3/c1-2-10-3-6-15(13(20)7-10)26-9-16(24)22-23-17-12-8-11(19)4-5-14(12)21-18(17)25/h3-8,21,25H,2,9H2,1H3. The third kappa shape index (κ3) is 4.13. The van der Waals surface area contributed by atoms with Gasteiger partial charge < -0.3 is 14.8 Å². The number of carbonyl (C=O) groups is 1. The van der Waals surface area contributed by atoms with Gasteiger partial charge in [-0.1, -0.05) is 28.9 Å². The molecule has 0 spiro atoms. The largest absolute Gasteiger partial charge is 0.493 e. The van der Waals surface area contributed by atoms with E-state index in [1.54, 1.807) is 18.2 Å². The summed E-state index contributed by atoms with van der Waals surface area (Å²) in [6, 6.07) is 11.1. The van der Waals surface area contributed by atoms with E-state index in [0.29, 0.717) is 16.7 Å². The number of halogens is 2. The molecular formula is C18H15Br2N3O3. The zero-order chi connectivity index (χ0) is 18.7. The van der Waals surface area contributed by atoms with Crippen LogP contribution in [0.15, 0.2) is 55.6 Å². The van der Waals surface area contributed by atoms with Crippen molar-refractivity contribution in [1.29, 1.82) is 0 Å². The van der Waals surface area contributed by atoms with Crippen molar-refractivity contribution in [2.75, 3.05) is 6.61 Å². The van der Waals surface area contributed by atoms with Gasteiger partial charge in [-0.2, -0.15) is 0 Å². The number of ether oxygens (including phenoxy) is 1. The van der Waals surface area contributed by atoms with Crippen LogP contribution in [0.2, 0.25) is 0 Å². The highest BCUT2D eigenvalue weighted by atomic mass is 79.9. The molecule has 1 aromatic heterocycles. The summed E-state index contributed by atoms with van der Waals surface area (Å²) in [5.74, 6) is -0.140. The van der Waals surface area contributed by atoms with Gasteiger partial charge in [-0.25, -0.2) is 0 Å². The molecule has 0 aliphatic carbocycles. The fraction of sp³-hybridized carbons (Fsp3) is 0.167. The molecule has 1 heterocycles. The average Bonchev–Trinajstić information content (AvgIpc) is 2.93. The number of aromatic hydroxyl groups is 1. The minimum atomic E-state index is -0.555. The fourth-order valence-electron chi connectivity index (χ4n) is 2.39. The number of azo groups is 1. The monoisotopic (exact) mass is 479 g/mol. The number of fused-ring (bicyclic) bond motifs is 1. The molecule has 0 fully saturated rings. The van der Waals surface area contributed by atoms with Crippen molar-refractivity contribution in [3.63, 3.8) is 0 Å². The summed E-state index contributed by atoms with van der Waals surface area (Å²) in [6.45, 7) is 1.81. The molecule has 3 rings (SSSR count). The summed E-state index contributed by atoms with van der Waals surface area (Å²) in [5.41, 5.74) is 2.07. The molecule has 0 saturated carbocycles. The van der Waals surface area contributed by atoms with Gasteiger partial charge in [0.1, 0.15) is 5.75 Å². The Labute approximate surface area is 166 Å². The summed E-state index contributed by atoms with van der Waals surface area (Å²) in [7, 11) is 0. The van der Waals surface area contributed by atoms with Crippen LogP contribution in [0.25, 0.3) is 10.9 Å². The highest BCUT2D eigenvalue weighted by Crippen LogP contribution is 2.36. The number of benzene rings is 2. The van der Waals surface area contributed by atoms with Crippen molar-refractivity contribution in [3.05, 3.63) is 50.9 Å². The van der Waals surface area contributed by atoms with Crippen molar-refractivity contribution >= 4 is 54.4 Å². The van der Waals surface area contributed by atoms with Gasteiger partial charge in [0.05, 0.1) is 9.99 Å². The van der Waals surface area contributed by atoms with Gasteiger partial charge >= 0.3 is 5.91 Å². The molecule has 6 nitrogen and oxygen atoms in total. The second-order valence-corrected chi connectivity index (χ2v) is 7.28. The van der Waals surface area contributed by atoms with Gasteiger partial charge in [-0.15, -0.1) is 10.2 Å². The highest BCUT2D eigenvalue weighted by Gasteiger charge is 2.12. The van der Waals surface area contributed by atoms with Crippen molar-refractivity contribution in [2.45, 2.75) is 13.3 Å². The smallest absolute Gasteiger partial charge is 0.302 e. The number of hydrogen-bond donors (Lipinski definition) is 2. The Morgan fingerprint density at radius 1 is 1.23 bits per heavy atom. The number of aromatic nitrogens is 1. The second-order valence-electron chi connectivity index (χ2n) is 5.51. The molecule has 0 radical (unpaired) electrons. The van der Waals surface area contributed by atoms with E-state index in [9.17, 15) is 9.90 Å². The summed E-state index contributed by atoms with van der Waals surface area (Å²) in [5, 5.41) is 18.1. The zero-order valence-electron chi connectivity index (χ0n) is 13.8. The van der Waals surface area contributed by atoms with Gasteiger partial charge in [0, 0.05) is 9.86 Å². The number of hydrogen-bond acceptors (Lipinski definition) is 4. The minimum Gasteiger partial charge on any atom is -0.493 e. The van der Waals surface area contributed by atoms with Crippen LogP contribution >= 0.6 is 31.9 Å². The van der Waals surface area contributed by atoms with Crippen molar-refractivity contribution < 1.29 is 14.6 Å². The maximum Gasteiger partial charge on any atom is 0.302 e. The van der Waals surface area contributed by atoms with Gasteiger partial charge in [-0.05, 0) is 58.2 Å². The summed E-state index contributed by atoms with van der Waals surface area (Å²) in [4.78, 5) is 14.7. The average molecular weight is 481 g/mol. The first-order valence-corrected chi connectivity index (χ1v) is 9.42. The fourth-order valence-corrected chi connectivity index (χ4v) is 3.29. The van der Waals surface area contributed by atoms with E-state index in [-0.39, 0.29) is 18.2 Å². The number of nitrogens with one attached hydrogen (secondary N) is 1. The Bertz CT molecular complexity index is 999. The van der Waals surface area contributed by atoms with Crippen LogP contribution in [-0.4, -0.2) is 22.6 Å². The Balaban J connectivity index is 1.70. The predicted molar refractivity (Wildman–Crippen MR) is 106 cm³/mol. The number of aromatic amines is 1. The van der Waals surface area contributed by atoms with Crippen LogP contribution in [0, 0.1) is 0 Å². The Morgan fingerprint density at radius 2 is 2.04 bits per heavy atom. The Morgan fingerprint density at radius 3 is 2.77 bits per heavy atom. The van der Waals surface area contributed by atoms with Crippen molar-refractivity contribution in [1.82, 2.24) is 4.98 Å². The van der Waals surface area contributed by atoms with E-state index < -0.39 is 5.91 Å². The number of rotatable bonds is 5. The van der Waals surface area contributed by atoms with Crippen LogP contribution < -0.4 is 4.74 Å². The Hall–Kier alpha value is -2.19. The number of amides is 1. The van der Waals surface area contributed by atoms with Gasteiger partial charge in [0.15, 0.2) is 12.3 Å². The molecule has 0 saturated heterocycles. The van der Waals surface area contributed by atoms with Gasteiger partial charge in [0.25, 0.3) is 0 Å². The number of H-pyrrole nitrogens is 1. The van der Waals surface area contributed by atoms with E-state index in [4.69, 9.17) is 4.74 Å². The molecule has 0 bridgehead atoms. The molecule has 0 atom stereocenters. The first-order chi connectivity index (χ1) is 12.5. The topological polar surface area (TPSA) is 87.0 Å². The number of aryl methyl sites for hydroxylation is 1. The molecule has 8 heteroatoms. The molecule has 0 aliphatic rings. The highest BCUT2D eigenvalue weighted by molar-refractivity contribution is 9.10. The summed E-state index contributed by atoms with van der Waals surface area (Å²) >= 11 is 6.78. The number of carbonyl (C=O) groups excluding carboxylic acids is 1. The quantitative estimate of drug-likeness (QED) is 0.462. The lowest BCUT2D eigenvalue weighted by Crippen LogP contribution is -2.08. The third-order valence-electron chi connectivity index (χ3n) is 3.73. The predicted octanol–water partition coefficient (Wildman–Crippen LogP) is 5.65. The first kappa shape index (κ1) is 18.6. The molecule has 0 unspecified atom stereocenters. The van der Waals surface area contributed by atoms with E-state index in [2.05, 4.69) is 54.0 Å². The minimum absolute atomic E-state index is 0.145. The molecular weight excluding hydrogens is 466 g/mol. The lowest BCUT2D eigenvalue weighted by Gasteiger charge is -2.07. The SMILES string of the molecule is CCc1ccc(OCC(=O)N=Nc2c(O)[nH]c3ccc(Br)cc23)c(Br)c1. The van der Waals surface area contributed by atoms with Gasteiger partial charge in [0.2, 0.25) is 5.88 Å². The molecule has 2 N–H and O–H groups in total. The van der Waals surface area contributed by atoms with Crippen LogP contribution in [0.3, 0.4) is 0 Å². The van der Waals surface area contributed by atoms with E-state index in [1.807, 2.05) is 18.2 Å². The molecule has 26 heavy (non-hydrogen) atoms. The van der Waals surface area contributed by atoms with Crippen LogP contribution in [-0.2, 0) is 11.2 Å². The van der Waals surface area contributed by atoms with E-state index >= 15 is 0 Å². The van der Waals surface area contributed by atoms with Crippen molar-refractivity contribution in [3.8, 4) is 11.6 Å². The van der Waals surface area contributed by atoms with E-state index in [0.717, 1.165) is 20.9 Å². The normalized spacial score (nSPS) is 11.3.